The number of non-ortho nitro benzene ring substituents is 1. The van der Waals surface area contributed by atoms with Crippen LogP contribution in [0.2, 0.25) is 0 Å². The monoisotopic (exact) mass is 365 g/mol. The molecule has 1 heterocycles. The zero-order valence-electron chi connectivity index (χ0n) is 14.1. The van der Waals surface area contributed by atoms with E-state index in [4.69, 9.17) is 9.36 Å². The number of nitro benzene ring substituents is 1. The van der Waals surface area contributed by atoms with Gasteiger partial charge in [-0.25, -0.2) is 0 Å². The highest BCUT2D eigenvalue weighted by molar-refractivity contribution is 6.02. The number of oxime groups is 1. The second-order valence-corrected chi connectivity index (χ2v) is 5.55. The average molecular weight is 365 g/mol. The second-order valence-electron chi connectivity index (χ2n) is 5.55. The number of ketones is 1. The van der Waals surface area contributed by atoms with Crippen molar-refractivity contribution in [3.05, 3.63) is 82.1 Å². The van der Waals surface area contributed by atoms with E-state index in [0.29, 0.717) is 5.69 Å². The van der Waals surface area contributed by atoms with Gasteiger partial charge >= 0.3 is 0 Å². The highest BCUT2D eigenvalue weighted by Gasteiger charge is 2.13. The molecule has 0 saturated heterocycles. The smallest absolute Gasteiger partial charge is 0.269 e. The van der Waals surface area contributed by atoms with Crippen LogP contribution in [0.25, 0.3) is 11.3 Å². The number of nitrogens with zero attached hydrogens (tertiary/aromatic N) is 3. The Morgan fingerprint density at radius 1 is 1.19 bits per heavy atom. The van der Waals surface area contributed by atoms with Crippen LogP contribution in [0.3, 0.4) is 0 Å². The van der Waals surface area contributed by atoms with Gasteiger partial charge in [0.05, 0.1) is 17.6 Å². The highest BCUT2D eigenvalue weighted by Crippen LogP contribution is 2.19. The number of aromatic nitrogens is 1. The molecule has 3 aromatic rings. The second kappa shape index (κ2) is 8.52. The summed E-state index contributed by atoms with van der Waals surface area (Å²) < 4.78 is 5.08. The third-order valence-corrected chi connectivity index (χ3v) is 3.66. The molecule has 27 heavy (non-hydrogen) atoms. The van der Waals surface area contributed by atoms with Crippen LogP contribution in [0, 0.1) is 10.1 Å². The summed E-state index contributed by atoms with van der Waals surface area (Å²) in [6.45, 7) is 0.142. The van der Waals surface area contributed by atoms with Gasteiger partial charge < -0.3 is 9.36 Å². The molecule has 2 aromatic carbocycles. The summed E-state index contributed by atoms with van der Waals surface area (Å²) in [6, 6.07) is 16.9. The fourth-order valence-electron chi connectivity index (χ4n) is 2.25. The molecule has 0 saturated carbocycles. The quantitative estimate of drug-likeness (QED) is 0.258. The van der Waals surface area contributed by atoms with E-state index in [2.05, 4.69) is 10.3 Å². The molecule has 0 amide bonds. The van der Waals surface area contributed by atoms with Gasteiger partial charge in [-0.3, -0.25) is 14.9 Å². The maximum Gasteiger partial charge on any atom is 0.269 e. The van der Waals surface area contributed by atoms with E-state index in [1.54, 1.807) is 18.2 Å². The predicted octanol–water partition coefficient (Wildman–Crippen LogP) is 4.03. The molecular formula is C19H15N3O5. The van der Waals surface area contributed by atoms with E-state index in [0.717, 1.165) is 11.1 Å². The Morgan fingerprint density at radius 3 is 2.63 bits per heavy atom. The molecular weight excluding hydrogens is 350 g/mol. The van der Waals surface area contributed by atoms with Gasteiger partial charge in [0.15, 0.2) is 0 Å². The Kier molecular flexibility index (Phi) is 5.68. The molecule has 3 rings (SSSR count). The van der Waals surface area contributed by atoms with Crippen LogP contribution in [0.1, 0.15) is 22.5 Å². The molecule has 0 aliphatic heterocycles. The number of carbonyl (C=O) groups is 1. The summed E-state index contributed by atoms with van der Waals surface area (Å²) in [4.78, 5) is 27.3. The Labute approximate surface area is 154 Å². The van der Waals surface area contributed by atoms with Crippen molar-refractivity contribution in [3.8, 4) is 11.3 Å². The molecule has 0 bridgehead atoms. The van der Waals surface area contributed by atoms with Crippen molar-refractivity contribution in [3.63, 3.8) is 0 Å². The molecule has 0 spiro atoms. The van der Waals surface area contributed by atoms with Crippen molar-refractivity contribution in [2.75, 3.05) is 0 Å². The van der Waals surface area contributed by atoms with Crippen molar-refractivity contribution in [1.29, 1.82) is 0 Å². The Balaban J connectivity index is 1.47. The highest BCUT2D eigenvalue weighted by atomic mass is 16.6. The molecule has 0 N–H and O–H groups in total. The molecule has 136 valence electrons. The molecule has 1 aromatic heterocycles. The van der Waals surface area contributed by atoms with Gasteiger partial charge in [-0.15, -0.1) is 0 Å². The molecule has 0 radical (unpaired) electrons. The number of hydrogen-bond donors (Lipinski definition) is 0. The van der Waals surface area contributed by atoms with Gasteiger partial charge in [0.2, 0.25) is 11.5 Å². The van der Waals surface area contributed by atoms with Gasteiger partial charge in [-0.2, -0.15) is 0 Å². The number of rotatable bonds is 8. The number of benzene rings is 2. The van der Waals surface area contributed by atoms with Gasteiger partial charge in [-0.05, 0) is 17.7 Å². The molecule has 0 aliphatic carbocycles. The molecule has 0 fully saturated rings. The normalized spacial score (nSPS) is 10.8. The Bertz CT molecular complexity index is 949. The van der Waals surface area contributed by atoms with E-state index in [-0.39, 0.29) is 30.3 Å². The number of nitro groups is 1. The summed E-state index contributed by atoms with van der Waals surface area (Å²) >= 11 is 0. The average Bonchev–Trinajstić information content (AvgIpc) is 3.19. The van der Waals surface area contributed by atoms with Crippen LogP contribution in [0.5, 0.6) is 0 Å². The van der Waals surface area contributed by atoms with Gasteiger partial charge in [0, 0.05) is 23.8 Å². The zero-order valence-corrected chi connectivity index (χ0v) is 14.1. The lowest BCUT2D eigenvalue weighted by Crippen LogP contribution is -1.98. The minimum Gasteiger partial charge on any atom is -0.391 e. The summed E-state index contributed by atoms with van der Waals surface area (Å²) in [6.07, 6.45) is 1.34. The summed E-state index contributed by atoms with van der Waals surface area (Å²) in [7, 11) is 0. The molecule has 8 heteroatoms. The largest absolute Gasteiger partial charge is 0.391 e. The maximum absolute atomic E-state index is 12.1. The number of Topliss-reactive ketones (excluding diaryl/α,β-unsaturated/α-hetero) is 1. The minimum atomic E-state index is -0.471. The summed E-state index contributed by atoms with van der Waals surface area (Å²) in [5.74, 6) is -0.122. The number of hydrogen-bond acceptors (Lipinski definition) is 7. The van der Waals surface area contributed by atoms with E-state index in [1.807, 2.05) is 30.3 Å². The lowest BCUT2D eigenvalue weighted by atomic mass is 10.1. The SMILES string of the molecule is O=C(CC=NOCc1ccc([N+](=O)[O-])cc1)c1cc(-c2ccccc2)no1. The Hall–Kier alpha value is -3.81. The maximum atomic E-state index is 12.1. The van der Waals surface area contributed by atoms with Crippen LogP contribution in [0.15, 0.2) is 70.3 Å². The lowest BCUT2D eigenvalue weighted by molar-refractivity contribution is -0.384. The fraction of sp³-hybridized carbons (Fsp3) is 0.105. The van der Waals surface area contributed by atoms with Crippen LogP contribution in [0.4, 0.5) is 5.69 Å². The first kappa shape index (κ1) is 18.0. The molecule has 8 nitrogen and oxygen atoms in total. The van der Waals surface area contributed by atoms with E-state index >= 15 is 0 Å². The van der Waals surface area contributed by atoms with Gasteiger partial charge in [-0.1, -0.05) is 40.6 Å². The van der Waals surface area contributed by atoms with Crippen LogP contribution in [-0.2, 0) is 11.4 Å². The number of carbonyl (C=O) groups excluding carboxylic acids is 1. The topological polar surface area (TPSA) is 108 Å². The Morgan fingerprint density at radius 2 is 1.93 bits per heavy atom. The third-order valence-electron chi connectivity index (χ3n) is 3.66. The van der Waals surface area contributed by atoms with Crippen molar-refractivity contribution in [2.24, 2.45) is 5.16 Å². The third kappa shape index (κ3) is 4.85. The molecule has 0 unspecified atom stereocenters. The van der Waals surface area contributed by atoms with Gasteiger partial charge in [0.1, 0.15) is 12.3 Å². The van der Waals surface area contributed by atoms with Crippen molar-refractivity contribution in [2.45, 2.75) is 13.0 Å². The van der Waals surface area contributed by atoms with E-state index < -0.39 is 4.92 Å². The first-order chi connectivity index (χ1) is 13.1. The zero-order chi connectivity index (χ0) is 19.1. The molecule has 0 aliphatic rings. The molecule has 0 atom stereocenters. The standard InChI is InChI=1S/C19H15N3O5/c23-18(19-12-17(21-27-19)15-4-2-1-3-5-15)10-11-20-26-13-14-6-8-16(9-7-14)22(24)25/h1-9,11-12H,10,13H2. The van der Waals surface area contributed by atoms with E-state index in [1.165, 1.54) is 18.3 Å². The van der Waals surface area contributed by atoms with Crippen LogP contribution >= 0.6 is 0 Å². The minimum absolute atomic E-state index is 0.00366. The predicted molar refractivity (Wildman–Crippen MR) is 97.3 cm³/mol. The van der Waals surface area contributed by atoms with E-state index in [9.17, 15) is 14.9 Å². The lowest BCUT2D eigenvalue weighted by Gasteiger charge is -1.99. The summed E-state index contributed by atoms with van der Waals surface area (Å²) in [5, 5.41) is 18.2. The van der Waals surface area contributed by atoms with Crippen LogP contribution in [-0.4, -0.2) is 22.1 Å². The fourth-order valence-corrected chi connectivity index (χ4v) is 2.25. The first-order valence-electron chi connectivity index (χ1n) is 8.06. The summed E-state index contributed by atoms with van der Waals surface area (Å²) in [5.41, 5.74) is 2.19. The van der Waals surface area contributed by atoms with Crippen molar-refractivity contribution in [1.82, 2.24) is 5.16 Å². The van der Waals surface area contributed by atoms with Gasteiger partial charge in [0.25, 0.3) is 5.69 Å². The van der Waals surface area contributed by atoms with Crippen molar-refractivity contribution < 1.29 is 19.1 Å². The first-order valence-corrected chi connectivity index (χ1v) is 8.06. The van der Waals surface area contributed by atoms with Crippen molar-refractivity contribution >= 4 is 17.7 Å². The van der Waals surface area contributed by atoms with Crippen LogP contribution < -0.4 is 0 Å².